The van der Waals surface area contributed by atoms with Crippen LogP contribution in [0.5, 0.6) is 0 Å². The number of benzene rings is 1. The number of nitriles is 1. The Hall–Kier alpha value is -2.68. The Labute approximate surface area is 116 Å². The predicted octanol–water partition coefficient (Wildman–Crippen LogP) is 2.78. The molecule has 0 atom stereocenters. The van der Waals surface area contributed by atoms with Gasteiger partial charge < -0.3 is 0 Å². The Morgan fingerprint density at radius 2 is 2.15 bits per heavy atom. The second-order valence-corrected chi connectivity index (χ2v) is 4.29. The van der Waals surface area contributed by atoms with Gasteiger partial charge in [-0.05, 0) is 31.0 Å². The van der Waals surface area contributed by atoms with Crippen molar-refractivity contribution in [1.29, 1.82) is 5.26 Å². The van der Waals surface area contributed by atoms with E-state index in [0.29, 0.717) is 12.1 Å². The van der Waals surface area contributed by atoms with Gasteiger partial charge >= 0.3 is 5.69 Å². The number of nitrogens with zero attached hydrogens (tertiary/aromatic N) is 4. The molecular formula is C14H14N4O2. The molecule has 0 fully saturated rings. The summed E-state index contributed by atoms with van der Waals surface area (Å²) in [4.78, 5) is 10.7. The van der Waals surface area contributed by atoms with Crippen molar-refractivity contribution in [3.63, 3.8) is 0 Å². The fourth-order valence-corrected chi connectivity index (χ4v) is 2.09. The lowest BCUT2D eigenvalue weighted by Gasteiger charge is -2.07. The smallest absolute Gasteiger partial charge is 0.258 e. The second kappa shape index (κ2) is 5.53. The van der Waals surface area contributed by atoms with Gasteiger partial charge in [0, 0.05) is 5.69 Å². The van der Waals surface area contributed by atoms with Gasteiger partial charge in [0.05, 0.1) is 10.6 Å². The van der Waals surface area contributed by atoms with E-state index in [2.05, 4.69) is 5.10 Å². The van der Waals surface area contributed by atoms with Crippen LogP contribution < -0.4 is 0 Å². The first kappa shape index (κ1) is 13.7. The van der Waals surface area contributed by atoms with Crippen molar-refractivity contribution in [3.8, 4) is 11.8 Å². The van der Waals surface area contributed by atoms with Crippen LogP contribution in [0, 0.1) is 21.4 Å². The van der Waals surface area contributed by atoms with Crippen LogP contribution in [0.1, 0.15) is 30.8 Å². The molecule has 0 N–H and O–H groups in total. The van der Waals surface area contributed by atoms with Gasteiger partial charge in [0.25, 0.3) is 0 Å². The highest BCUT2D eigenvalue weighted by Crippen LogP contribution is 2.28. The first-order valence-electron chi connectivity index (χ1n) is 6.38. The summed E-state index contributed by atoms with van der Waals surface area (Å²) in [5.74, 6) is 0. The minimum atomic E-state index is -0.527. The summed E-state index contributed by atoms with van der Waals surface area (Å²) in [6.07, 6.45) is 1.46. The number of nitro groups is 1. The minimum Gasteiger partial charge on any atom is -0.258 e. The molecule has 0 spiro atoms. The Morgan fingerprint density at radius 3 is 2.70 bits per heavy atom. The topological polar surface area (TPSA) is 84.8 Å². The highest BCUT2D eigenvalue weighted by molar-refractivity contribution is 5.62. The lowest BCUT2D eigenvalue weighted by atomic mass is 10.1. The van der Waals surface area contributed by atoms with Crippen LogP contribution in [0.4, 0.5) is 5.69 Å². The fourth-order valence-electron chi connectivity index (χ4n) is 2.09. The highest BCUT2D eigenvalue weighted by atomic mass is 16.6. The summed E-state index contributed by atoms with van der Waals surface area (Å²) >= 11 is 0. The van der Waals surface area contributed by atoms with E-state index in [9.17, 15) is 10.1 Å². The van der Waals surface area contributed by atoms with Crippen LogP contribution in [-0.4, -0.2) is 14.7 Å². The molecule has 0 bridgehead atoms. The summed E-state index contributed by atoms with van der Waals surface area (Å²) in [6.45, 7) is 3.94. The molecule has 2 rings (SSSR count). The molecule has 1 aromatic carbocycles. The van der Waals surface area contributed by atoms with Gasteiger partial charge in [-0.15, -0.1) is 0 Å². The molecule has 0 aliphatic carbocycles. The molecule has 1 heterocycles. The number of aryl methyl sites for hydroxylation is 2. The zero-order chi connectivity index (χ0) is 14.7. The third kappa shape index (κ3) is 2.26. The Morgan fingerprint density at radius 1 is 1.40 bits per heavy atom. The van der Waals surface area contributed by atoms with Crippen molar-refractivity contribution in [2.75, 3.05) is 0 Å². The molecule has 6 nitrogen and oxygen atoms in total. The van der Waals surface area contributed by atoms with Crippen molar-refractivity contribution < 1.29 is 4.92 Å². The average Bonchev–Trinajstić information content (AvgIpc) is 2.89. The van der Waals surface area contributed by atoms with E-state index in [1.54, 1.807) is 16.8 Å². The van der Waals surface area contributed by atoms with Crippen molar-refractivity contribution >= 4 is 5.69 Å². The van der Waals surface area contributed by atoms with Crippen LogP contribution in [0.2, 0.25) is 0 Å². The summed E-state index contributed by atoms with van der Waals surface area (Å²) in [6, 6.07) is 8.49. The first-order valence-corrected chi connectivity index (χ1v) is 6.38. The van der Waals surface area contributed by atoms with Crippen LogP contribution in [-0.2, 0) is 12.8 Å². The molecule has 2 aromatic rings. The van der Waals surface area contributed by atoms with Gasteiger partial charge in [-0.3, -0.25) is 10.1 Å². The lowest BCUT2D eigenvalue weighted by molar-refractivity contribution is -0.384. The maximum atomic E-state index is 11.3. The van der Waals surface area contributed by atoms with Crippen molar-refractivity contribution in [2.24, 2.45) is 0 Å². The lowest BCUT2D eigenvalue weighted by Crippen LogP contribution is -2.06. The number of para-hydroxylation sites is 1. The van der Waals surface area contributed by atoms with Gasteiger partial charge in [0.2, 0.25) is 0 Å². The van der Waals surface area contributed by atoms with Crippen molar-refractivity contribution in [3.05, 3.63) is 51.3 Å². The Bertz CT molecular complexity index is 698. The quantitative estimate of drug-likeness (QED) is 0.631. The SMILES string of the molecule is CCc1cc(CC)n(-c2cccc(C#N)c2[N+](=O)[O-])n1. The van der Waals surface area contributed by atoms with E-state index in [1.165, 1.54) is 6.07 Å². The van der Waals surface area contributed by atoms with Gasteiger partial charge in [-0.2, -0.15) is 10.4 Å². The molecule has 0 unspecified atom stereocenters. The normalized spacial score (nSPS) is 10.2. The number of aromatic nitrogens is 2. The predicted molar refractivity (Wildman–Crippen MR) is 73.7 cm³/mol. The second-order valence-electron chi connectivity index (χ2n) is 4.29. The van der Waals surface area contributed by atoms with E-state index in [-0.39, 0.29) is 11.3 Å². The molecule has 0 saturated carbocycles. The molecule has 0 aliphatic heterocycles. The number of rotatable bonds is 4. The Balaban J connectivity index is 2.73. The summed E-state index contributed by atoms with van der Waals surface area (Å²) in [5, 5.41) is 24.7. The third-order valence-corrected chi connectivity index (χ3v) is 3.10. The van der Waals surface area contributed by atoms with Crippen LogP contribution >= 0.6 is 0 Å². The monoisotopic (exact) mass is 270 g/mol. The number of hydrogen-bond acceptors (Lipinski definition) is 4. The van der Waals surface area contributed by atoms with E-state index in [4.69, 9.17) is 5.26 Å². The molecule has 20 heavy (non-hydrogen) atoms. The van der Waals surface area contributed by atoms with E-state index < -0.39 is 4.92 Å². The Kier molecular flexibility index (Phi) is 3.80. The minimum absolute atomic E-state index is 0.0445. The van der Waals surface area contributed by atoms with Crippen molar-refractivity contribution in [2.45, 2.75) is 26.7 Å². The van der Waals surface area contributed by atoms with Crippen LogP contribution in [0.15, 0.2) is 24.3 Å². The van der Waals surface area contributed by atoms with Gasteiger partial charge in [-0.25, -0.2) is 4.68 Å². The molecule has 0 amide bonds. The summed E-state index contributed by atoms with van der Waals surface area (Å²) < 4.78 is 1.57. The molecule has 102 valence electrons. The van der Waals surface area contributed by atoms with Gasteiger partial charge in [0.15, 0.2) is 0 Å². The van der Waals surface area contributed by atoms with Crippen LogP contribution in [0.25, 0.3) is 5.69 Å². The van der Waals surface area contributed by atoms with E-state index >= 15 is 0 Å². The largest absolute Gasteiger partial charge is 0.312 e. The van der Waals surface area contributed by atoms with E-state index in [1.807, 2.05) is 26.0 Å². The van der Waals surface area contributed by atoms with E-state index in [0.717, 1.165) is 17.8 Å². The standard InChI is InChI=1S/C14H14N4O2/c1-3-11-8-12(4-2)17(16-11)13-7-5-6-10(9-15)14(13)18(19)20/h5-8H,3-4H2,1-2H3. The average molecular weight is 270 g/mol. The van der Waals surface area contributed by atoms with Crippen LogP contribution in [0.3, 0.4) is 0 Å². The first-order chi connectivity index (χ1) is 9.62. The highest BCUT2D eigenvalue weighted by Gasteiger charge is 2.23. The molecule has 0 saturated heterocycles. The third-order valence-electron chi connectivity index (χ3n) is 3.10. The maximum absolute atomic E-state index is 11.3. The van der Waals surface area contributed by atoms with Gasteiger partial charge in [-0.1, -0.05) is 19.9 Å². The zero-order valence-electron chi connectivity index (χ0n) is 11.3. The van der Waals surface area contributed by atoms with Crippen molar-refractivity contribution in [1.82, 2.24) is 9.78 Å². The fraction of sp³-hybridized carbons (Fsp3) is 0.286. The summed E-state index contributed by atoms with van der Waals surface area (Å²) in [7, 11) is 0. The molecule has 6 heteroatoms. The van der Waals surface area contributed by atoms with Gasteiger partial charge in [0.1, 0.15) is 17.3 Å². The molecular weight excluding hydrogens is 256 g/mol. The number of hydrogen-bond donors (Lipinski definition) is 0. The molecule has 0 aliphatic rings. The molecule has 1 aromatic heterocycles. The number of nitro benzene ring substituents is 1. The summed E-state index contributed by atoms with van der Waals surface area (Å²) in [5.41, 5.74) is 1.95. The molecule has 0 radical (unpaired) electrons. The zero-order valence-corrected chi connectivity index (χ0v) is 11.3. The maximum Gasteiger partial charge on any atom is 0.312 e.